The second kappa shape index (κ2) is 6.17. The summed E-state index contributed by atoms with van der Waals surface area (Å²) in [5.41, 5.74) is 3.37. The van der Waals surface area contributed by atoms with Gasteiger partial charge in [0.15, 0.2) is 0 Å². The zero-order valence-electron chi connectivity index (χ0n) is 12.0. The average molecular weight is 302 g/mol. The number of carbonyl (C=O) groups is 2. The first-order valence-electron chi connectivity index (χ1n) is 6.40. The molecule has 0 saturated heterocycles. The summed E-state index contributed by atoms with van der Waals surface area (Å²) in [5, 5.41) is 17.2. The maximum atomic E-state index is 10.6. The van der Waals surface area contributed by atoms with Crippen molar-refractivity contribution < 1.29 is 29.3 Å². The van der Waals surface area contributed by atoms with Crippen LogP contribution in [-0.2, 0) is 0 Å². The van der Waals surface area contributed by atoms with E-state index in [0.29, 0.717) is 5.75 Å². The Morgan fingerprint density at radius 1 is 0.818 bits per heavy atom. The lowest BCUT2D eigenvalue weighted by Gasteiger charge is -2.13. The number of ether oxygens (including phenoxy) is 2. The zero-order valence-corrected chi connectivity index (χ0v) is 12.0. The Kier molecular flexibility index (Phi) is 4.31. The van der Waals surface area contributed by atoms with Gasteiger partial charge in [-0.1, -0.05) is 18.2 Å². The summed E-state index contributed by atoms with van der Waals surface area (Å²) in [7, 11) is 0. The first-order chi connectivity index (χ1) is 10.4. The molecule has 114 valence electrons. The van der Waals surface area contributed by atoms with Crippen LogP contribution in [0.15, 0.2) is 36.4 Å². The Morgan fingerprint density at radius 3 is 1.95 bits per heavy atom. The monoisotopic (exact) mass is 302 g/mol. The highest BCUT2D eigenvalue weighted by Crippen LogP contribution is 2.32. The van der Waals surface area contributed by atoms with Crippen molar-refractivity contribution in [2.75, 3.05) is 0 Å². The van der Waals surface area contributed by atoms with Crippen LogP contribution >= 0.6 is 0 Å². The maximum Gasteiger partial charge on any atom is 0.511 e. The molecule has 0 aliphatic carbocycles. The molecule has 0 amide bonds. The van der Waals surface area contributed by atoms with Crippen molar-refractivity contribution in [2.24, 2.45) is 0 Å². The third-order valence-corrected chi connectivity index (χ3v) is 3.31. The van der Waals surface area contributed by atoms with Gasteiger partial charge in [-0.3, -0.25) is 0 Å². The fourth-order valence-electron chi connectivity index (χ4n) is 2.12. The van der Waals surface area contributed by atoms with E-state index in [-0.39, 0.29) is 5.75 Å². The van der Waals surface area contributed by atoms with Crippen LogP contribution in [-0.4, -0.2) is 22.5 Å². The molecule has 22 heavy (non-hydrogen) atoms. The standard InChI is InChI=1S/C16H14O6/c1-9-10(2)14(22-16(19)20)8-7-13(9)11-3-5-12(6-4-11)21-15(17)18/h3-8H,1-2H3,(H,17,18)(H,19,20). The molecule has 0 aliphatic heterocycles. The van der Waals surface area contributed by atoms with E-state index in [0.717, 1.165) is 22.3 Å². The highest BCUT2D eigenvalue weighted by atomic mass is 16.7. The van der Waals surface area contributed by atoms with Gasteiger partial charge in [0.25, 0.3) is 0 Å². The number of hydrogen-bond donors (Lipinski definition) is 2. The Bertz CT molecular complexity index is 718. The van der Waals surface area contributed by atoms with Crippen LogP contribution in [0.1, 0.15) is 11.1 Å². The minimum Gasteiger partial charge on any atom is -0.449 e. The summed E-state index contributed by atoms with van der Waals surface area (Å²) in [6, 6.07) is 9.93. The molecule has 0 aliphatic rings. The summed E-state index contributed by atoms with van der Waals surface area (Å²) in [6.45, 7) is 3.64. The quantitative estimate of drug-likeness (QED) is 0.655. The van der Waals surface area contributed by atoms with Gasteiger partial charge < -0.3 is 19.7 Å². The summed E-state index contributed by atoms with van der Waals surface area (Å²) in [5.74, 6) is 0.524. The molecule has 0 saturated carbocycles. The number of benzene rings is 2. The van der Waals surface area contributed by atoms with E-state index >= 15 is 0 Å². The molecule has 0 heterocycles. The second-order valence-electron chi connectivity index (χ2n) is 4.62. The highest BCUT2D eigenvalue weighted by Gasteiger charge is 2.11. The van der Waals surface area contributed by atoms with Crippen molar-refractivity contribution in [1.82, 2.24) is 0 Å². The van der Waals surface area contributed by atoms with Crippen LogP contribution in [0.2, 0.25) is 0 Å². The molecule has 0 fully saturated rings. The molecular weight excluding hydrogens is 288 g/mol. The van der Waals surface area contributed by atoms with E-state index in [9.17, 15) is 9.59 Å². The van der Waals surface area contributed by atoms with Gasteiger partial charge in [-0.05, 0) is 54.3 Å². The van der Waals surface area contributed by atoms with Gasteiger partial charge in [-0.15, -0.1) is 0 Å². The number of rotatable bonds is 3. The molecule has 2 N–H and O–H groups in total. The summed E-state index contributed by atoms with van der Waals surface area (Å²) >= 11 is 0. The van der Waals surface area contributed by atoms with Crippen molar-refractivity contribution in [3.8, 4) is 22.6 Å². The first kappa shape index (κ1) is 15.4. The number of carboxylic acid groups (broad SMARTS) is 2. The van der Waals surface area contributed by atoms with Crippen LogP contribution in [0, 0.1) is 13.8 Å². The molecular formula is C16H14O6. The van der Waals surface area contributed by atoms with Crippen LogP contribution in [0.5, 0.6) is 11.5 Å². The van der Waals surface area contributed by atoms with Gasteiger partial charge in [0.1, 0.15) is 11.5 Å². The minimum atomic E-state index is -1.37. The normalized spacial score (nSPS) is 10.1. The van der Waals surface area contributed by atoms with Crippen molar-refractivity contribution in [2.45, 2.75) is 13.8 Å². The summed E-state index contributed by atoms with van der Waals surface area (Å²) in [4.78, 5) is 21.1. The van der Waals surface area contributed by atoms with Crippen molar-refractivity contribution >= 4 is 12.3 Å². The Hall–Kier alpha value is -3.02. The molecule has 0 aromatic heterocycles. The van der Waals surface area contributed by atoms with Gasteiger partial charge in [-0.2, -0.15) is 0 Å². The third kappa shape index (κ3) is 3.35. The molecule has 6 heteroatoms. The molecule has 0 radical (unpaired) electrons. The Labute approximate surface area is 126 Å². The van der Waals surface area contributed by atoms with Crippen molar-refractivity contribution in [3.63, 3.8) is 0 Å². The molecule has 2 aromatic rings. The molecule has 0 unspecified atom stereocenters. The van der Waals surface area contributed by atoms with Crippen LogP contribution in [0.4, 0.5) is 9.59 Å². The van der Waals surface area contributed by atoms with Crippen LogP contribution in [0.3, 0.4) is 0 Å². The van der Waals surface area contributed by atoms with Crippen LogP contribution in [0.25, 0.3) is 11.1 Å². The Balaban J connectivity index is 2.34. The van der Waals surface area contributed by atoms with E-state index in [4.69, 9.17) is 14.9 Å². The Morgan fingerprint density at radius 2 is 1.41 bits per heavy atom. The van der Waals surface area contributed by atoms with E-state index in [1.54, 1.807) is 43.3 Å². The summed E-state index contributed by atoms with van der Waals surface area (Å²) < 4.78 is 9.26. The third-order valence-electron chi connectivity index (χ3n) is 3.31. The topological polar surface area (TPSA) is 93.1 Å². The molecule has 0 spiro atoms. The zero-order chi connectivity index (χ0) is 16.3. The van der Waals surface area contributed by atoms with Gasteiger partial charge in [0.05, 0.1) is 0 Å². The lowest BCUT2D eigenvalue weighted by molar-refractivity contribution is 0.143. The summed E-state index contributed by atoms with van der Waals surface area (Å²) in [6.07, 6.45) is -2.72. The van der Waals surface area contributed by atoms with Crippen LogP contribution < -0.4 is 9.47 Å². The van der Waals surface area contributed by atoms with Gasteiger partial charge in [-0.25, -0.2) is 9.59 Å². The smallest absolute Gasteiger partial charge is 0.449 e. The van der Waals surface area contributed by atoms with E-state index in [1.165, 1.54) is 0 Å². The van der Waals surface area contributed by atoms with E-state index in [1.807, 2.05) is 6.92 Å². The van der Waals surface area contributed by atoms with Gasteiger partial charge in [0, 0.05) is 0 Å². The number of hydrogen-bond acceptors (Lipinski definition) is 4. The highest BCUT2D eigenvalue weighted by molar-refractivity contribution is 5.72. The molecule has 2 rings (SSSR count). The van der Waals surface area contributed by atoms with E-state index < -0.39 is 12.3 Å². The molecule has 6 nitrogen and oxygen atoms in total. The van der Waals surface area contributed by atoms with Gasteiger partial charge in [0.2, 0.25) is 0 Å². The van der Waals surface area contributed by atoms with Crippen molar-refractivity contribution in [3.05, 3.63) is 47.5 Å². The minimum absolute atomic E-state index is 0.233. The van der Waals surface area contributed by atoms with Crippen molar-refractivity contribution in [1.29, 1.82) is 0 Å². The SMILES string of the molecule is Cc1c(OC(=O)O)ccc(-c2ccc(OC(=O)O)cc2)c1C. The molecule has 0 atom stereocenters. The van der Waals surface area contributed by atoms with E-state index in [2.05, 4.69) is 4.74 Å². The second-order valence-corrected chi connectivity index (χ2v) is 4.62. The predicted molar refractivity (Wildman–Crippen MR) is 78.7 cm³/mol. The predicted octanol–water partition coefficient (Wildman–Crippen LogP) is 4.08. The first-order valence-corrected chi connectivity index (χ1v) is 6.40. The lowest BCUT2D eigenvalue weighted by atomic mass is 9.96. The lowest BCUT2D eigenvalue weighted by Crippen LogP contribution is -2.05. The average Bonchev–Trinajstić information content (AvgIpc) is 2.44. The molecule has 2 aromatic carbocycles. The largest absolute Gasteiger partial charge is 0.511 e. The fraction of sp³-hybridized carbons (Fsp3) is 0.125. The maximum absolute atomic E-state index is 10.6. The fourth-order valence-corrected chi connectivity index (χ4v) is 2.12. The molecule has 0 bridgehead atoms. The van der Waals surface area contributed by atoms with Gasteiger partial charge >= 0.3 is 12.3 Å².